The van der Waals surface area contributed by atoms with Gasteiger partial charge >= 0.3 is 0 Å². The number of hydrogen-bond acceptors (Lipinski definition) is 2. The van der Waals surface area contributed by atoms with E-state index in [2.05, 4.69) is 0 Å². The van der Waals surface area contributed by atoms with Crippen LogP contribution in [0, 0.1) is 47.3 Å². The summed E-state index contributed by atoms with van der Waals surface area (Å²) in [7, 11) is 0. The first-order valence-electron chi connectivity index (χ1n) is 5.52. The van der Waals surface area contributed by atoms with Crippen molar-refractivity contribution in [2.45, 2.75) is 12.5 Å². The van der Waals surface area contributed by atoms with Gasteiger partial charge in [-0.3, -0.25) is 4.79 Å². The van der Waals surface area contributed by atoms with Crippen LogP contribution in [0.25, 0.3) is 0 Å². The molecule has 0 spiro atoms. The van der Waals surface area contributed by atoms with Crippen LogP contribution < -0.4 is 0 Å². The van der Waals surface area contributed by atoms with Gasteiger partial charge in [0, 0.05) is 11.8 Å². The molecule has 0 aromatic heterocycles. The minimum absolute atomic E-state index is 0.0913. The first-order chi connectivity index (χ1) is 6.30. The Kier molecular flexibility index (Phi) is 0.666. The second-order valence-electron chi connectivity index (χ2n) is 5.82. The van der Waals surface area contributed by atoms with Gasteiger partial charge in [-0.05, 0) is 41.9 Å². The Bertz CT molecular complexity index is 350. The third kappa shape index (κ3) is 0.349. The van der Waals surface area contributed by atoms with Crippen molar-refractivity contribution in [2.24, 2.45) is 47.3 Å². The molecule has 1 N–H and O–H groups in total. The average Bonchev–Trinajstić information content (AvgIpc) is 2.52. The van der Waals surface area contributed by atoms with Gasteiger partial charge in [-0.15, -0.1) is 0 Å². The maximum atomic E-state index is 11.9. The maximum absolute atomic E-state index is 11.9. The van der Waals surface area contributed by atoms with E-state index in [1.54, 1.807) is 0 Å². The van der Waals surface area contributed by atoms with E-state index >= 15 is 0 Å². The van der Waals surface area contributed by atoms with Gasteiger partial charge < -0.3 is 5.11 Å². The Morgan fingerprint density at radius 3 is 2.69 bits per heavy atom. The molecule has 2 heteroatoms. The summed E-state index contributed by atoms with van der Waals surface area (Å²) in [6.07, 6.45) is 1.19. The summed E-state index contributed by atoms with van der Waals surface area (Å²) in [6, 6.07) is 0. The van der Waals surface area contributed by atoms with Crippen molar-refractivity contribution < 1.29 is 9.90 Å². The zero-order valence-corrected chi connectivity index (χ0v) is 7.26. The van der Waals surface area contributed by atoms with Crippen LogP contribution in [0.3, 0.4) is 0 Å². The Morgan fingerprint density at radius 2 is 1.85 bits per heavy atom. The van der Waals surface area contributed by atoms with E-state index in [0.717, 1.165) is 17.8 Å². The fourth-order valence-corrected chi connectivity index (χ4v) is 6.11. The normalized spacial score (nSPS) is 79.8. The first kappa shape index (κ1) is 6.18. The molecule has 13 heavy (non-hydrogen) atoms. The Morgan fingerprint density at radius 1 is 1.00 bits per heavy atom. The first-order valence-corrected chi connectivity index (χ1v) is 5.52. The predicted octanol–water partition coefficient (Wildman–Crippen LogP) is 0.304. The highest BCUT2D eigenvalue weighted by atomic mass is 16.3. The number of fused-ring (bicyclic) bond motifs is 2. The van der Waals surface area contributed by atoms with E-state index in [9.17, 15) is 9.90 Å². The molecule has 5 aliphatic carbocycles. The standard InChI is InChI=1S/C11H12O2/c12-10-6-2-1-3-5-4(2)8(10)9(5)11(13)7(3)6/h2-10,12H,1H2/t2-,3+,4-,5+,6+,7-,8+,9-,10+/m0/s1. The van der Waals surface area contributed by atoms with E-state index in [0.29, 0.717) is 35.4 Å². The maximum Gasteiger partial charge on any atom is 0.140 e. The summed E-state index contributed by atoms with van der Waals surface area (Å²) in [4.78, 5) is 11.9. The van der Waals surface area contributed by atoms with E-state index < -0.39 is 0 Å². The van der Waals surface area contributed by atoms with Crippen molar-refractivity contribution in [2.75, 3.05) is 0 Å². The summed E-state index contributed by atoms with van der Waals surface area (Å²) in [5.41, 5.74) is 0. The largest absolute Gasteiger partial charge is 0.392 e. The van der Waals surface area contributed by atoms with Crippen LogP contribution in [0.1, 0.15) is 6.42 Å². The van der Waals surface area contributed by atoms with Crippen LogP contribution in [0.5, 0.6) is 0 Å². The van der Waals surface area contributed by atoms with Gasteiger partial charge in [-0.2, -0.15) is 0 Å². The number of ketones is 1. The van der Waals surface area contributed by atoms with Crippen molar-refractivity contribution in [1.82, 2.24) is 0 Å². The highest BCUT2D eigenvalue weighted by molar-refractivity contribution is 5.91. The molecule has 2 bridgehead atoms. The van der Waals surface area contributed by atoms with E-state index in [-0.39, 0.29) is 6.10 Å². The summed E-state index contributed by atoms with van der Waals surface area (Å²) in [5.74, 6) is 4.97. The molecule has 5 saturated carbocycles. The zero-order valence-electron chi connectivity index (χ0n) is 7.26. The van der Waals surface area contributed by atoms with Crippen LogP contribution >= 0.6 is 0 Å². The van der Waals surface area contributed by atoms with Gasteiger partial charge in [0.2, 0.25) is 0 Å². The lowest BCUT2D eigenvalue weighted by molar-refractivity contribution is -0.141. The van der Waals surface area contributed by atoms with Gasteiger partial charge in [0.25, 0.3) is 0 Å². The van der Waals surface area contributed by atoms with Crippen molar-refractivity contribution >= 4 is 5.78 Å². The molecule has 0 aliphatic heterocycles. The van der Waals surface area contributed by atoms with Gasteiger partial charge in [-0.25, -0.2) is 0 Å². The topological polar surface area (TPSA) is 37.3 Å². The fourth-order valence-electron chi connectivity index (χ4n) is 6.11. The molecule has 2 nitrogen and oxygen atoms in total. The lowest BCUT2D eigenvalue weighted by atomic mass is 9.59. The summed E-state index contributed by atoms with van der Waals surface area (Å²) >= 11 is 0. The highest BCUT2D eigenvalue weighted by Crippen LogP contribution is 2.81. The van der Waals surface area contributed by atoms with Crippen molar-refractivity contribution in [3.05, 3.63) is 0 Å². The molecule has 5 rings (SSSR count). The molecule has 5 fully saturated rings. The quantitative estimate of drug-likeness (QED) is 0.576. The highest BCUT2D eigenvalue weighted by Gasteiger charge is 2.83. The molecule has 0 saturated heterocycles. The number of carbonyl (C=O) groups excluding carboxylic acids is 1. The monoisotopic (exact) mass is 176 g/mol. The van der Waals surface area contributed by atoms with E-state index in [1.807, 2.05) is 0 Å². The predicted molar refractivity (Wildman–Crippen MR) is 43.6 cm³/mol. The fraction of sp³-hybridized carbons (Fsp3) is 0.909. The molecule has 9 atom stereocenters. The Hall–Kier alpha value is -0.370. The average molecular weight is 176 g/mol. The Balaban J connectivity index is 1.87. The van der Waals surface area contributed by atoms with Gasteiger partial charge in [-0.1, -0.05) is 0 Å². The molecule has 0 aromatic carbocycles. The van der Waals surface area contributed by atoms with Crippen LogP contribution in [-0.2, 0) is 4.79 Å². The molecule has 0 amide bonds. The van der Waals surface area contributed by atoms with Crippen molar-refractivity contribution in [3.63, 3.8) is 0 Å². The van der Waals surface area contributed by atoms with Gasteiger partial charge in [0.15, 0.2) is 0 Å². The molecule has 68 valence electrons. The van der Waals surface area contributed by atoms with Gasteiger partial charge in [0.05, 0.1) is 6.10 Å². The van der Waals surface area contributed by atoms with E-state index in [1.165, 1.54) is 6.42 Å². The molecule has 0 radical (unpaired) electrons. The molecule has 0 unspecified atom stereocenters. The second-order valence-corrected chi connectivity index (χ2v) is 5.82. The number of rotatable bonds is 0. The van der Waals surface area contributed by atoms with Crippen LogP contribution in [-0.4, -0.2) is 17.0 Å². The number of aliphatic hydroxyl groups is 1. The lowest BCUT2D eigenvalue weighted by Gasteiger charge is -2.45. The summed E-state index contributed by atoms with van der Waals surface area (Å²) in [5, 5.41) is 10.1. The molecular formula is C11H12O2. The SMILES string of the molecule is O=C1[C@@H]2[C@@H]3[C@H](O)[C@@H]4[C@H]5C[C@@H]([C@H]14)[C@@H]2[C@H]53. The molecule has 0 heterocycles. The Labute approximate surface area is 76.3 Å². The molecule has 5 aliphatic rings. The van der Waals surface area contributed by atoms with Gasteiger partial charge in [0.1, 0.15) is 5.78 Å². The second kappa shape index (κ2) is 1.40. The number of carbonyl (C=O) groups is 1. The number of Topliss-reactive ketones (excluding diaryl/α,β-unsaturated/α-hetero) is 1. The minimum Gasteiger partial charge on any atom is -0.392 e. The van der Waals surface area contributed by atoms with Crippen molar-refractivity contribution in [1.29, 1.82) is 0 Å². The lowest BCUT2D eigenvalue weighted by Crippen LogP contribution is -2.49. The molecular weight excluding hydrogens is 164 g/mol. The molecule has 0 aromatic rings. The number of aliphatic hydroxyl groups excluding tert-OH is 1. The third-order valence-corrected chi connectivity index (χ3v) is 6.07. The van der Waals surface area contributed by atoms with Crippen molar-refractivity contribution in [3.8, 4) is 0 Å². The van der Waals surface area contributed by atoms with Crippen LogP contribution in [0.15, 0.2) is 0 Å². The van der Waals surface area contributed by atoms with Crippen LogP contribution in [0.2, 0.25) is 0 Å². The third-order valence-electron chi connectivity index (χ3n) is 6.07. The van der Waals surface area contributed by atoms with E-state index in [4.69, 9.17) is 0 Å². The number of hydrogen-bond donors (Lipinski definition) is 1. The summed E-state index contributed by atoms with van der Waals surface area (Å²) < 4.78 is 0. The van der Waals surface area contributed by atoms with Crippen LogP contribution in [0.4, 0.5) is 0 Å². The minimum atomic E-state index is -0.0913. The smallest absolute Gasteiger partial charge is 0.140 e. The summed E-state index contributed by atoms with van der Waals surface area (Å²) in [6.45, 7) is 0. The zero-order chi connectivity index (χ0) is 8.48.